The average molecular weight is 301 g/mol. The summed E-state index contributed by atoms with van der Waals surface area (Å²) in [5.41, 5.74) is 0.404. The summed E-state index contributed by atoms with van der Waals surface area (Å²) in [5.74, 6) is -2.00. The van der Waals surface area contributed by atoms with E-state index in [-0.39, 0.29) is 18.0 Å². The maximum Gasteiger partial charge on any atom is 0.202 e. The van der Waals surface area contributed by atoms with E-state index in [9.17, 15) is 13.6 Å². The van der Waals surface area contributed by atoms with Gasteiger partial charge in [-0.15, -0.1) is 0 Å². The molecule has 0 fully saturated rings. The van der Waals surface area contributed by atoms with Crippen molar-refractivity contribution in [1.29, 1.82) is 0 Å². The summed E-state index contributed by atoms with van der Waals surface area (Å²) in [7, 11) is 0. The van der Waals surface area contributed by atoms with Gasteiger partial charge in [-0.1, -0.05) is 6.07 Å². The van der Waals surface area contributed by atoms with Crippen LogP contribution in [0, 0.1) is 11.6 Å². The fraction of sp³-hybridized carbons (Fsp3) is 0.0833. The molecular formula is C12H7BrF2O2. The van der Waals surface area contributed by atoms with Crippen molar-refractivity contribution < 1.29 is 18.0 Å². The molecule has 17 heavy (non-hydrogen) atoms. The van der Waals surface area contributed by atoms with Crippen molar-refractivity contribution in [1.82, 2.24) is 0 Å². The van der Waals surface area contributed by atoms with Crippen LogP contribution in [0.25, 0.3) is 0 Å². The third-order valence-electron chi connectivity index (χ3n) is 2.20. The van der Waals surface area contributed by atoms with E-state index in [1.54, 1.807) is 6.07 Å². The molecule has 0 saturated carbocycles. The molecule has 0 spiro atoms. The van der Waals surface area contributed by atoms with Gasteiger partial charge in [0, 0.05) is 6.42 Å². The number of rotatable bonds is 3. The Morgan fingerprint density at radius 3 is 2.53 bits per heavy atom. The molecule has 0 amide bonds. The fourth-order valence-electron chi connectivity index (χ4n) is 1.39. The first-order valence-corrected chi connectivity index (χ1v) is 5.58. The summed E-state index contributed by atoms with van der Waals surface area (Å²) in [4.78, 5) is 11.7. The van der Waals surface area contributed by atoms with Gasteiger partial charge >= 0.3 is 0 Å². The Morgan fingerprint density at radius 2 is 1.94 bits per heavy atom. The molecule has 88 valence electrons. The van der Waals surface area contributed by atoms with Gasteiger partial charge in [-0.05, 0) is 45.8 Å². The van der Waals surface area contributed by atoms with Crippen molar-refractivity contribution in [2.45, 2.75) is 6.42 Å². The number of ketones is 1. The van der Waals surface area contributed by atoms with Gasteiger partial charge in [0.05, 0.1) is 0 Å². The van der Waals surface area contributed by atoms with Gasteiger partial charge in [-0.2, -0.15) is 0 Å². The van der Waals surface area contributed by atoms with E-state index < -0.39 is 11.6 Å². The number of hydrogen-bond donors (Lipinski definition) is 0. The van der Waals surface area contributed by atoms with Crippen molar-refractivity contribution in [3.8, 4) is 0 Å². The van der Waals surface area contributed by atoms with E-state index in [1.807, 2.05) is 0 Å². The van der Waals surface area contributed by atoms with E-state index in [0.717, 1.165) is 12.1 Å². The van der Waals surface area contributed by atoms with E-state index >= 15 is 0 Å². The Balaban J connectivity index is 2.15. The molecule has 0 N–H and O–H groups in total. The Kier molecular flexibility index (Phi) is 3.38. The van der Waals surface area contributed by atoms with Crippen molar-refractivity contribution in [2.24, 2.45) is 0 Å². The minimum absolute atomic E-state index is 0.0306. The van der Waals surface area contributed by atoms with Crippen LogP contribution in [0.4, 0.5) is 8.78 Å². The molecule has 2 nitrogen and oxygen atoms in total. The predicted octanol–water partition coefficient (Wildman–Crippen LogP) is 3.75. The topological polar surface area (TPSA) is 30.2 Å². The molecule has 0 atom stereocenters. The highest BCUT2D eigenvalue weighted by molar-refractivity contribution is 9.10. The predicted molar refractivity (Wildman–Crippen MR) is 60.8 cm³/mol. The normalized spacial score (nSPS) is 10.5. The first-order chi connectivity index (χ1) is 8.06. The number of carbonyl (C=O) groups is 1. The Hall–Kier alpha value is -1.49. The smallest absolute Gasteiger partial charge is 0.202 e. The summed E-state index contributed by atoms with van der Waals surface area (Å²) in [6.45, 7) is 0. The van der Waals surface area contributed by atoms with Gasteiger partial charge in [0.25, 0.3) is 0 Å². The van der Waals surface area contributed by atoms with Gasteiger partial charge in [0.15, 0.2) is 22.1 Å². The van der Waals surface area contributed by atoms with Crippen LogP contribution >= 0.6 is 15.9 Å². The van der Waals surface area contributed by atoms with E-state index in [2.05, 4.69) is 15.9 Å². The molecular weight excluding hydrogens is 294 g/mol. The molecule has 1 aromatic carbocycles. The number of carbonyl (C=O) groups excluding carboxylic acids is 1. The Labute approximate surface area is 104 Å². The molecule has 2 aromatic rings. The molecule has 0 aliphatic rings. The molecule has 0 unspecified atom stereocenters. The van der Waals surface area contributed by atoms with Crippen molar-refractivity contribution in [2.75, 3.05) is 0 Å². The van der Waals surface area contributed by atoms with Crippen LogP contribution in [0.15, 0.2) is 39.4 Å². The number of hydrogen-bond acceptors (Lipinski definition) is 2. The Morgan fingerprint density at radius 1 is 1.18 bits per heavy atom. The van der Waals surface area contributed by atoms with Crippen LogP contribution in [-0.2, 0) is 6.42 Å². The van der Waals surface area contributed by atoms with Crippen LogP contribution in [0.2, 0.25) is 0 Å². The summed E-state index contributed by atoms with van der Waals surface area (Å²) < 4.78 is 31.1. The van der Waals surface area contributed by atoms with Crippen LogP contribution < -0.4 is 0 Å². The zero-order valence-corrected chi connectivity index (χ0v) is 10.1. The zero-order chi connectivity index (χ0) is 12.4. The van der Waals surface area contributed by atoms with E-state index in [4.69, 9.17) is 4.42 Å². The second-order valence-corrected chi connectivity index (χ2v) is 4.23. The molecule has 0 aliphatic heterocycles. The minimum atomic E-state index is -0.962. The quantitative estimate of drug-likeness (QED) is 0.808. The summed E-state index contributed by atoms with van der Waals surface area (Å²) in [5, 5.41) is 0. The lowest BCUT2D eigenvalue weighted by Gasteiger charge is -2.00. The van der Waals surface area contributed by atoms with E-state index in [0.29, 0.717) is 10.2 Å². The highest BCUT2D eigenvalue weighted by Gasteiger charge is 2.12. The van der Waals surface area contributed by atoms with Gasteiger partial charge in [0.2, 0.25) is 5.78 Å². The second kappa shape index (κ2) is 4.79. The number of halogens is 3. The van der Waals surface area contributed by atoms with Crippen LogP contribution in [0.5, 0.6) is 0 Å². The highest BCUT2D eigenvalue weighted by atomic mass is 79.9. The number of Topliss-reactive ketones (excluding diaryl/α,β-unsaturated/α-hetero) is 1. The van der Waals surface area contributed by atoms with Crippen molar-refractivity contribution in [3.63, 3.8) is 0 Å². The Bertz CT molecular complexity index is 563. The molecule has 0 bridgehead atoms. The van der Waals surface area contributed by atoms with Crippen LogP contribution in [0.3, 0.4) is 0 Å². The number of benzene rings is 1. The lowest BCUT2D eigenvalue weighted by molar-refractivity contribution is 0.0965. The van der Waals surface area contributed by atoms with Crippen LogP contribution in [-0.4, -0.2) is 5.78 Å². The summed E-state index contributed by atoms with van der Waals surface area (Å²) in [6, 6.07) is 6.49. The van der Waals surface area contributed by atoms with Gasteiger partial charge in [-0.25, -0.2) is 8.78 Å². The minimum Gasteiger partial charge on any atom is -0.446 e. The lowest BCUT2D eigenvalue weighted by Crippen LogP contribution is -2.02. The first-order valence-electron chi connectivity index (χ1n) is 4.79. The van der Waals surface area contributed by atoms with E-state index in [1.165, 1.54) is 12.1 Å². The largest absolute Gasteiger partial charge is 0.446 e. The number of furan rings is 1. The lowest BCUT2D eigenvalue weighted by atomic mass is 10.1. The second-order valence-electron chi connectivity index (χ2n) is 3.45. The molecule has 0 aliphatic carbocycles. The monoisotopic (exact) mass is 300 g/mol. The average Bonchev–Trinajstić information content (AvgIpc) is 2.70. The molecule has 1 heterocycles. The molecule has 0 radical (unpaired) electrons. The molecule has 1 aromatic heterocycles. The van der Waals surface area contributed by atoms with Gasteiger partial charge in [0.1, 0.15) is 0 Å². The van der Waals surface area contributed by atoms with Gasteiger partial charge < -0.3 is 4.42 Å². The summed E-state index contributed by atoms with van der Waals surface area (Å²) >= 11 is 3.08. The van der Waals surface area contributed by atoms with Crippen LogP contribution in [0.1, 0.15) is 16.1 Å². The third-order valence-corrected chi connectivity index (χ3v) is 2.62. The molecule has 0 saturated heterocycles. The SMILES string of the molecule is O=C(Cc1ccc(F)c(F)c1)c1ccc(Br)o1. The maximum absolute atomic E-state index is 12.9. The van der Waals surface area contributed by atoms with Gasteiger partial charge in [-0.3, -0.25) is 4.79 Å². The maximum atomic E-state index is 12.9. The first kappa shape index (κ1) is 12.0. The summed E-state index contributed by atoms with van der Waals surface area (Å²) in [6.07, 6.45) is -0.0306. The zero-order valence-electron chi connectivity index (χ0n) is 8.54. The standard InChI is InChI=1S/C12H7BrF2O2/c13-12-4-3-11(17-12)10(16)6-7-1-2-8(14)9(15)5-7/h1-5H,6H2. The highest BCUT2D eigenvalue weighted by Crippen LogP contribution is 2.17. The third kappa shape index (κ3) is 2.79. The van der Waals surface area contributed by atoms with Crippen molar-refractivity contribution >= 4 is 21.7 Å². The van der Waals surface area contributed by atoms with Crippen molar-refractivity contribution in [3.05, 3.63) is 58.0 Å². The molecule has 2 rings (SSSR count). The fourth-order valence-corrected chi connectivity index (χ4v) is 1.69. The molecule has 5 heteroatoms.